The van der Waals surface area contributed by atoms with Gasteiger partial charge in [0.2, 0.25) is 0 Å². The highest BCUT2D eigenvalue weighted by molar-refractivity contribution is 6.32. The molecule has 2 aromatic carbocycles. The molecule has 0 atom stereocenters. The van der Waals surface area contributed by atoms with Gasteiger partial charge >= 0.3 is 0 Å². The first-order valence-electron chi connectivity index (χ1n) is 7.17. The van der Waals surface area contributed by atoms with Crippen LogP contribution in [0.5, 0.6) is 11.5 Å². The van der Waals surface area contributed by atoms with Crippen LogP contribution in [0.2, 0.25) is 5.02 Å². The molecule has 25 heavy (non-hydrogen) atoms. The van der Waals surface area contributed by atoms with Crippen molar-refractivity contribution in [3.63, 3.8) is 0 Å². The van der Waals surface area contributed by atoms with Crippen molar-refractivity contribution in [1.82, 2.24) is 5.43 Å². The Morgan fingerprint density at radius 3 is 2.40 bits per heavy atom. The summed E-state index contributed by atoms with van der Waals surface area (Å²) >= 11 is 5.92. The van der Waals surface area contributed by atoms with Gasteiger partial charge in [-0.1, -0.05) is 35.9 Å². The molecule has 0 radical (unpaired) electrons. The average molecular weight is 362 g/mol. The third-order valence-electron chi connectivity index (χ3n) is 2.85. The number of ether oxygens (including phenoxy) is 2. The lowest BCUT2D eigenvalue weighted by Gasteiger charge is -2.09. The second-order valence-electron chi connectivity index (χ2n) is 4.71. The molecule has 2 aromatic rings. The van der Waals surface area contributed by atoms with Crippen LogP contribution in [0.25, 0.3) is 0 Å². The van der Waals surface area contributed by atoms with Gasteiger partial charge in [0.05, 0.1) is 17.2 Å². The van der Waals surface area contributed by atoms with Crippen molar-refractivity contribution in [3.8, 4) is 11.5 Å². The van der Waals surface area contributed by atoms with Crippen LogP contribution in [0.15, 0.2) is 53.6 Å². The molecule has 0 unspecified atom stereocenters. The molecule has 0 aromatic heterocycles. The lowest BCUT2D eigenvalue weighted by molar-refractivity contribution is -0.307. The summed E-state index contributed by atoms with van der Waals surface area (Å²) in [6.45, 7) is -0.840. The highest BCUT2D eigenvalue weighted by Crippen LogP contribution is 2.22. The Kier molecular flexibility index (Phi) is 6.79. The van der Waals surface area contributed by atoms with Crippen LogP contribution in [0.4, 0.5) is 0 Å². The molecule has 0 saturated heterocycles. The number of hydrogen-bond acceptors (Lipinski definition) is 6. The molecule has 130 valence electrons. The summed E-state index contributed by atoms with van der Waals surface area (Å²) in [6.07, 6.45) is 1.33. The molecule has 0 heterocycles. The molecule has 0 bridgehead atoms. The van der Waals surface area contributed by atoms with E-state index in [9.17, 15) is 14.7 Å². The average Bonchev–Trinajstić information content (AvgIpc) is 2.60. The van der Waals surface area contributed by atoms with Crippen LogP contribution in [0.3, 0.4) is 0 Å². The normalized spacial score (nSPS) is 10.4. The minimum Gasteiger partial charge on any atom is -0.546 e. The van der Waals surface area contributed by atoms with E-state index in [1.165, 1.54) is 6.21 Å². The Morgan fingerprint density at radius 2 is 1.68 bits per heavy atom. The number of carbonyl (C=O) groups is 2. The van der Waals surface area contributed by atoms with Crippen LogP contribution in [0.1, 0.15) is 5.56 Å². The van der Waals surface area contributed by atoms with E-state index in [0.29, 0.717) is 22.1 Å². The molecular formula is C17H14ClN2O5-. The van der Waals surface area contributed by atoms with E-state index < -0.39 is 18.5 Å². The molecule has 7 nitrogen and oxygen atoms in total. The molecule has 1 amide bonds. The molecule has 0 aliphatic heterocycles. The first kappa shape index (κ1) is 18.3. The first-order chi connectivity index (χ1) is 12.1. The third-order valence-corrected chi connectivity index (χ3v) is 3.17. The predicted octanol–water partition coefficient (Wildman–Crippen LogP) is 0.998. The molecule has 0 aliphatic rings. The van der Waals surface area contributed by atoms with Crippen LogP contribution >= 0.6 is 11.6 Å². The number of halogens is 1. The van der Waals surface area contributed by atoms with Crippen molar-refractivity contribution in [3.05, 3.63) is 59.1 Å². The van der Waals surface area contributed by atoms with Crippen molar-refractivity contribution >= 4 is 29.7 Å². The maximum atomic E-state index is 11.7. The highest BCUT2D eigenvalue weighted by Gasteiger charge is 2.05. The van der Waals surface area contributed by atoms with Crippen molar-refractivity contribution in [1.29, 1.82) is 0 Å². The Morgan fingerprint density at radius 1 is 1.04 bits per heavy atom. The molecule has 1 N–H and O–H groups in total. The summed E-state index contributed by atoms with van der Waals surface area (Å²) in [6, 6.07) is 13.4. The minimum atomic E-state index is -1.34. The van der Waals surface area contributed by atoms with Gasteiger partial charge in [-0.3, -0.25) is 4.79 Å². The molecule has 0 fully saturated rings. The van der Waals surface area contributed by atoms with Gasteiger partial charge in [-0.25, -0.2) is 5.43 Å². The maximum Gasteiger partial charge on any atom is 0.277 e. The fourth-order valence-corrected chi connectivity index (χ4v) is 1.96. The summed E-state index contributed by atoms with van der Waals surface area (Å²) in [5, 5.41) is 14.6. The SMILES string of the molecule is O=C([O-])COc1ccccc1/C=N\NC(=O)COc1ccccc1Cl. The fourth-order valence-electron chi connectivity index (χ4n) is 1.77. The summed E-state index contributed by atoms with van der Waals surface area (Å²) in [5.41, 5.74) is 2.79. The van der Waals surface area contributed by atoms with Crippen molar-refractivity contribution in [2.45, 2.75) is 0 Å². The predicted molar refractivity (Wildman–Crippen MR) is 89.6 cm³/mol. The third kappa shape index (κ3) is 6.15. The van der Waals surface area contributed by atoms with E-state index in [4.69, 9.17) is 21.1 Å². The lowest BCUT2D eigenvalue weighted by atomic mass is 10.2. The number of benzene rings is 2. The number of carbonyl (C=O) groups excluding carboxylic acids is 2. The maximum absolute atomic E-state index is 11.7. The summed E-state index contributed by atoms with van der Waals surface area (Å²) in [5.74, 6) is -1.12. The van der Waals surface area contributed by atoms with Gasteiger partial charge in [0.15, 0.2) is 6.61 Å². The molecule has 2 rings (SSSR count). The number of hydrogen-bond donors (Lipinski definition) is 1. The van der Waals surface area contributed by atoms with E-state index in [-0.39, 0.29) is 6.61 Å². The number of carboxylic acid groups (broad SMARTS) is 1. The van der Waals surface area contributed by atoms with Crippen LogP contribution in [-0.2, 0) is 9.59 Å². The van der Waals surface area contributed by atoms with E-state index in [2.05, 4.69) is 10.5 Å². The zero-order chi connectivity index (χ0) is 18.1. The van der Waals surface area contributed by atoms with Gasteiger partial charge in [-0.2, -0.15) is 5.10 Å². The van der Waals surface area contributed by atoms with Crippen LogP contribution in [-0.4, -0.2) is 31.3 Å². The standard InChI is InChI=1S/C17H15ClN2O5/c18-13-6-2-4-8-15(13)24-10-16(21)20-19-9-12-5-1-3-7-14(12)25-11-17(22)23/h1-9H,10-11H2,(H,20,21)(H,22,23)/p-1/b19-9-. The fraction of sp³-hybridized carbons (Fsp3) is 0.118. The summed E-state index contributed by atoms with van der Waals surface area (Å²) < 4.78 is 10.3. The number of rotatable bonds is 8. The number of aliphatic carboxylic acids is 1. The van der Waals surface area contributed by atoms with Crippen molar-refractivity contribution < 1.29 is 24.2 Å². The number of amides is 1. The highest BCUT2D eigenvalue weighted by atomic mass is 35.5. The molecule has 0 aliphatic carbocycles. The van der Waals surface area contributed by atoms with E-state index in [1.807, 2.05) is 0 Å². The van der Waals surface area contributed by atoms with Gasteiger partial charge in [0.25, 0.3) is 5.91 Å². The van der Waals surface area contributed by atoms with Crippen LogP contribution in [0, 0.1) is 0 Å². The van der Waals surface area contributed by atoms with Gasteiger partial charge in [-0.05, 0) is 24.3 Å². The van der Waals surface area contributed by atoms with Gasteiger partial charge in [0, 0.05) is 5.56 Å². The Bertz CT molecular complexity index is 779. The number of hydrazone groups is 1. The number of carboxylic acids is 1. The first-order valence-corrected chi connectivity index (χ1v) is 7.55. The smallest absolute Gasteiger partial charge is 0.277 e. The zero-order valence-electron chi connectivity index (χ0n) is 13.0. The Hall–Kier alpha value is -3.06. The van der Waals surface area contributed by atoms with Crippen LogP contribution < -0.4 is 20.0 Å². The lowest BCUT2D eigenvalue weighted by Crippen LogP contribution is -2.29. The van der Waals surface area contributed by atoms with Crippen molar-refractivity contribution in [2.75, 3.05) is 13.2 Å². The van der Waals surface area contributed by atoms with E-state index in [1.54, 1.807) is 48.5 Å². The van der Waals surface area contributed by atoms with E-state index >= 15 is 0 Å². The molecule has 0 saturated carbocycles. The van der Waals surface area contributed by atoms with Gasteiger partial charge in [0.1, 0.15) is 18.1 Å². The summed E-state index contributed by atoms with van der Waals surface area (Å²) in [4.78, 5) is 22.2. The minimum absolute atomic E-state index is 0.260. The Labute approximate surface area is 148 Å². The number of nitrogens with one attached hydrogen (secondary N) is 1. The number of para-hydroxylation sites is 2. The van der Waals surface area contributed by atoms with Gasteiger partial charge in [-0.15, -0.1) is 0 Å². The molecule has 8 heteroatoms. The van der Waals surface area contributed by atoms with Crippen molar-refractivity contribution in [2.24, 2.45) is 5.10 Å². The largest absolute Gasteiger partial charge is 0.546 e. The topological polar surface area (TPSA) is 100 Å². The second-order valence-corrected chi connectivity index (χ2v) is 5.12. The summed E-state index contributed by atoms with van der Waals surface area (Å²) in [7, 11) is 0. The number of nitrogens with zero attached hydrogens (tertiary/aromatic N) is 1. The second kappa shape index (κ2) is 9.29. The zero-order valence-corrected chi connectivity index (χ0v) is 13.7. The molecular weight excluding hydrogens is 348 g/mol. The Balaban J connectivity index is 1.87. The monoisotopic (exact) mass is 361 g/mol. The quantitative estimate of drug-likeness (QED) is 0.558. The molecule has 0 spiro atoms. The van der Waals surface area contributed by atoms with E-state index in [0.717, 1.165) is 0 Å². The van der Waals surface area contributed by atoms with Gasteiger partial charge < -0.3 is 19.4 Å².